The highest BCUT2D eigenvalue weighted by Crippen LogP contribution is 2.29. The van der Waals surface area contributed by atoms with Crippen LogP contribution >= 0.6 is 0 Å². The van der Waals surface area contributed by atoms with Crippen LogP contribution in [0, 0.1) is 5.41 Å². The number of carbonyl (C=O) groups excluding carboxylic acids is 1. The van der Waals surface area contributed by atoms with Gasteiger partial charge in [-0.1, -0.05) is 27.2 Å². The highest BCUT2D eigenvalue weighted by atomic mass is 16.3. The predicted molar refractivity (Wildman–Crippen MR) is 73.1 cm³/mol. The van der Waals surface area contributed by atoms with Crippen LogP contribution in [-0.4, -0.2) is 41.1 Å². The van der Waals surface area contributed by atoms with Crippen molar-refractivity contribution in [2.24, 2.45) is 11.1 Å². The lowest BCUT2D eigenvalue weighted by Crippen LogP contribution is -2.63. The molecule has 0 atom stereocenters. The SMILES string of the molecule is CCCC1(O)CN(C(=O)CCC(C)(C)CCN)C1. The molecule has 106 valence electrons. The number of hydrogen-bond donors (Lipinski definition) is 2. The molecule has 1 rings (SSSR count). The van der Waals surface area contributed by atoms with E-state index in [1.165, 1.54) is 0 Å². The number of nitrogens with zero attached hydrogens (tertiary/aromatic N) is 1. The molecular formula is C14H28N2O2. The van der Waals surface area contributed by atoms with E-state index in [4.69, 9.17) is 5.73 Å². The summed E-state index contributed by atoms with van der Waals surface area (Å²) in [7, 11) is 0. The second kappa shape index (κ2) is 6.02. The summed E-state index contributed by atoms with van der Waals surface area (Å²) in [6.07, 6.45) is 4.12. The van der Waals surface area contributed by atoms with E-state index in [1.807, 2.05) is 0 Å². The van der Waals surface area contributed by atoms with Gasteiger partial charge in [0.2, 0.25) is 5.91 Å². The molecule has 0 aromatic heterocycles. The molecule has 0 aromatic rings. The fourth-order valence-electron chi connectivity index (χ4n) is 2.58. The molecule has 1 heterocycles. The van der Waals surface area contributed by atoms with Crippen molar-refractivity contribution >= 4 is 5.91 Å². The number of aliphatic hydroxyl groups is 1. The van der Waals surface area contributed by atoms with Crippen LogP contribution in [0.15, 0.2) is 0 Å². The van der Waals surface area contributed by atoms with Crippen molar-refractivity contribution in [3.8, 4) is 0 Å². The van der Waals surface area contributed by atoms with Gasteiger partial charge in [-0.25, -0.2) is 0 Å². The summed E-state index contributed by atoms with van der Waals surface area (Å²) < 4.78 is 0. The first-order chi connectivity index (χ1) is 8.32. The summed E-state index contributed by atoms with van der Waals surface area (Å²) in [5.74, 6) is 0.167. The average molecular weight is 256 g/mol. The van der Waals surface area contributed by atoms with E-state index in [0.29, 0.717) is 26.1 Å². The molecular weight excluding hydrogens is 228 g/mol. The zero-order valence-corrected chi connectivity index (χ0v) is 12.0. The van der Waals surface area contributed by atoms with Crippen LogP contribution in [-0.2, 0) is 4.79 Å². The van der Waals surface area contributed by atoms with Crippen LogP contribution in [0.1, 0.15) is 52.9 Å². The summed E-state index contributed by atoms with van der Waals surface area (Å²) in [6.45, 7) is 8.04. The molecule has 4 nitrogen and oxygen atoms in total. The lowest BCUT2D eigenvalue weighted by atomic mass is 9.83. The van der Waals surface area contributed by atoms with Crippen molar-refractivity contribution < 1.29 is 9.90 Å². The molecule has 0 saturated carbocycles. The quantitative estimate of drug-likeness (QED) is 0.725. The summed E-state index contributed by atoms with van der Waals surface area (Å²) in [6, 6.07) is 0. The zero-order chi connectivity index (χ0) is 13.8. The van der Waals surface area contributed by atoms with Gasteiger partial charge >= 0.3 is 0 Å². The standard InChI is InChI=1S/C14H28N2O2/c1-4-6-14(18)10-16(11-14)12(17)5-7-13(2,3)8-9-15/h18H,4-11,15H2,1-3H3. The van der Waals surface area contributed by atoms with Gasteiger partial charge in [0.05, 0.1) is 18.7 Å². The summed E-state index contributed by atoms with van der Waals surface area (Å²) in [4.78, 5) is 13.7. The molecule has 1 aliphatic heterocycles. The van der Waals surface area contributed by atoms with Gasteiger partial charge in [-0.3, -0.25) is 4.79 Å². The van der Waals surface area contributed by atoms with E-state index < -0.39 is 5.60 Å². The van der Waals surface area contributed by atoms with Crippen LogP contribution in [0.2, 0.25) is 0 Å². The highest BCUT2D eigenvalue weighted by molar-refractivity contribution is 5.77. The van der Waals surface area contributed by atoms with E-state index in [9.17, 15) is 9.90 Å². The fraction of sp³-hybridized carbons (Fsp3) is 0.929. The number of nitrogens with two attached hydrogens (primary N) is 1. The van der Waals surface area contributed by atoms with E-state index in [2.05, 4.69) is 20.8 Å². The van der Waals surface area contributed by atoms with Crippen LogP contribution in [0.4, 0.5) is 0 Å². The van der Waals surface area contributed by atoms with Gasteiger partial charge in [0.1, 0.15) is 0 Å². The number of rotatable bonds is 7. The normalized spacial score (nSPS) is 18.6. The van der Waals surface area contributed by atoms with Gasteiger partial charge < -0.3 is 15.7 Å². The van der Waals surface area contributed by atoms with E-state index >= 15 is 0 Å². The second-order valence-electron chi connectivity index (χ2n) is 6.43. The lowest BCUT2D eigenvalue weighted by Gasteiger charge is -2.46. The molecule has 18 heavy (non-hydrogen) atoms. The van der Waals surface area contributed by atoms with E-state index in [0.717, 1.165) is 25.7 Å². The molecule has 1 aliphatic rings. The van der Waals surface area contributed by atoms with Crippen LogP contribution < -0.4 is 5.73 Å². The van der Waals surface area contributed by atoms with Gasteiger partial charge in [-0.05, 0) is 31.2 Å². The Morgan fingerprint density at radius 2 is 2.00 bits per heavy atom. The molecule has 0 bridgehead atoms. The van der Waals surface area contributed by atoms with Crippen molar-refractivity contribution in [3.63, 3.8) is 0 Å². The summed E-state index contributed by atoms with van der Waals surface area (Å²) >= 11 is 0. The molecule has 0 spiro atoms. The Morgan fingerprint density at radius 3 is 2.50 bits per heavy atom. The van der Waals surface area contributed by atoms with Gasteiger partial charge in [0, 0.05) is 6.42 Å². The predicted octanol–water partition coefficient (Wildman–Crippen LogP) is 1.51. The molecule has 1 saturated heterocycles. The first-order valence-corrected chi connectivity index (χ1v) is 7.02. The maximum Gasteiger partial charge on any atom is 0.222 e. The molecule has 0 aliphatic carbocycles. The molecule has 0 aromatic carbocycles. The van der Waals surface area contributed by atoms with E-state index in [1.54, 1.807) is 4.90 Å². The molecule has 1 amide bonds. The fourth-order valence-corrected chi connectivity index (χ4v) is 2.58. The second-order valence-corrected chi connectivity index (χ2v) is 6.43. The van der Waals surface area contributed by atoms with Crippen LogP contribution in [0.5, 0.6) is 0 Å². The number of hydrogen-bond acceptors (Lipinski definition) is 3. The first kappa shape index (κ1) is 15.4. The molecule has 1 fully saturated rings. The number of amides is 1. The Kier molecular flexibility index (Phi) is 5.17. The summed E-state index contributed by atoms with van der Waals surface area (Å²) in [5.41, 5.74) is 5.08. The van der Waals surface area contributed by atoms with Crippen molar-refractivity contribution in [1.82, 2.24) is 4.90 Å². The number of β-amino-alcohol motifs (C(OH)–C–C–N with tert-alkyl or cyclic N) is 1. The largest absolute Gasteiger partial charge is 0.386 e. The Bertz CT molecular complexity index is 284. The lowest BCUT2D eigenvalue weighted by molar-refractivity contribution is -0.157. The Hall–Kier alpha value is -0.610. The van der Waals surface area contributed by atoms with Gasteiger partial charge in [-0.15, -0.1) is 0 Å². The van der Waals surface area contributed by atoms with Crippen molar-refractivity contribution in [2.75, 3.05) is 19.6 Å². The molecule has 3 N–H and O–H groups in total. The third-order valence-corrected chi connectivity index (χ3v) is 3.88. The smallest absolute Gasteiger partial charge is 0.222 e. The minimum absolute atomic E-state index is 0.134. The van der Waals surface area contributed by atoms with Crippen LogP contribution in [0.25, 0.3) is 0 Å². The molecule has 4 heteroatoms. The maximum absolute atomic E-state index is 12.0. The molecule has 0 radical (unpaired) electrons. The topological polar surface area (TPSA) is 66.6 Å². The van der Waals surface area contributed by atoms with Crippen molar-refractivity contribution in [2.45, 2.75) is 58.5 Å². The minimum Gasteiger partial charge on any atom is -0.386 e. The van der Waals surface area contributed by atoms with Gasteiger partial charge in [-0.2, -0.15) is 0 Å². The Labute approximate surface area is 111 Å². The van der Waals surface area contributed by atoms with Crippen molar-refractivity contribution in [1.29, 1.82) is 0 Å². The summed E-state index contributed by atoms with van der Waals surface area (Å²) in [5, 5.41) is 10.0. The number of likely N-dealkylation sites (tertiary alicyclic amines) is 1. The highest BCUT2D eigenvalue weighted by Gasteiger charge is 2.42. The van der Waals surface area contributed by atoms with Gasteiger partial charge in [0.15, 0.2) is 0 Å². The third kappa shape index (κ3) is 4.25. The third-order valence-electron chi connectivity index (χ3n) is 3.88. The van der Waals surface area contributed by atoms with Gasteiger partial charge in [0.25, 0.3) is 0 Å². The first-order valence-electron chi connectivity index (χ1n) is 7.02. The Balaban J connectivity index is 2.28. The average Bonchev–Trinajstić information content (AvgIpc) is 2.23. The number of carbonyl (C=O) groups is 1. The van der Waals surface area contributed by atoms with Crippen molar-refractivity contribution in [3.05, 3.63) is 0 Å². The monoisotopic (exact) mass is 256 g/mol. The maximum atomic E-state index is 12.0. The van der Waals surface area contributed by atoms with Crippen LogP contribution in [0.3, 0.4) is 0 Å². The zero-order valence-electron chi connectivity index (χ0n) is 12.0. The molecule has 0 unspecified atom stereocenters. The minimum atomic E-state index is -0.614. The Morgan fingerprint density at radius 1 is 1.39 bits per heavy atom. The van der Waals surface area contributed by atoms with E-state index in [-0.39, 0.29) is 11.3 Å².